The average Bonchev–Trinajstić information content (AvgIpc) is 3.31. The molecule has 172 valence electrons. The van der Waals surface area contributed by atoms with Gasteiger partial charge in [-0.2, -0.15) is 0 Å². The van der Waals surface area contributed by atoms with Crippen molar-refractivity contribution in [2.24, 2.45) is 0 Å². The Labute approximate surface area is 196 Å². The van der Waals surface area contributed by atoms with Gasteiger partial charge in [0.25, 0.3) is 0 Å². The summed E-state index contributed by atoms with van der Waals surface area (Å²) in [7, 11) is 0. The lowest BCUT2D eigenvalue weighted by Crippen LogP contribution is -2.02. The zero-order valence-corrected chi connectivity index (χ0v) is 20.6. The Balaban J connectivity index is 1.49. The van der Waals surface area contributed by atoms with Crippen molar-refractivity contribution in [1.82, 2.24) is 4.57 Å². The van der Waals surface area contributed by atoms with E-state index in [-0.39, 0.29) is 0 Å². The highest BCUT2D eigenvalue weighted by Crippen LogP contribution is 2.24. The highest BCUT2D eigenvalue weighted by molar-refractivity contribution is 7.80. The van der Waals surface area contributed by atoms with Gasteiger partial charge in [0.1, 0.15) is 5.78 Å². The minimum absolute atomic E-state index is 0.391. The van der Waals surface area contributed by atoms with Gasteiger partial charge in [-0.25, -0.2) is 0 Å². The number of nitrogens with zero attached hydrogens (tertiary/aromatic N) is 1. The van der Waals surface area contributed by atoms with Crippen molar-refractivity contribution in [3.05, 3.63) is 48.3 Å². The molecule has 0 aliphatic heterocycles. The highest BCUT2D eigenvalue weighted by Gasteiger charge is 2.09. The molecule has 2 nitrogen and oxygen atoms in total. The summed E-state index contributed by atoms with van der Waals surface area (Å²) < 4.78 is 2.07. The number of carbonyl (C=O) groups is 1. The molecule has 1 aromatic carbocycles. The van der Waals surface area contributed by atoms with E-state index in [0.29, 0.717) is 12.2 Å². The number of aryl methyl sites for hydroxylation is 1. The van der Waals surface area contributed by atoms with Gasteiger partial charge in [0.05, 0.1) is 5.69 Å². The smallest absolute Gasteiger partial charge is 0.133 e. The first-order valence-electron chi connectivity index (χ1n) is 12.7. The number of benzene rings is 1. The molecule has 0 saturated heterocycles. The number of rotatable bonds is 18. The molecular formula is C28H43NOS. The fourth-order valence-corrected chi connectivity index (χ4v) is 4.60. The third-order valence-electron chi connectivity index (χ3n) is 6.21. The standard InChI is InChI=1S/C28H43NOS/c1-2-3-4-5-6-7-8-9-10-11-12-13-14-19-26(30)22-21-25-18-17-20-27(28(25)31)29-23-15-16-24-29/h15-18,20,23-24,31H,2-14,19,21-22H2,1H3. The van der Waals surface area contributed by atoms with E-state index in [0.717, 1.165) is 35.4 Å². The molecule has 1 aromatic heterocycles. The molecular weight excluding hydrogens is 398 g/mol. The van der Waals surface area contributed by atoms with Crippen molar-refractivity contribution in [3.63, 3.8) is 0 Å². The van der Waals surface area contributed by atoms with Gasteiger partial charge in [-0.1, -0.05) is 96.1 Å². The van der Waals surface area contributed by atoms with Crippen molar-refractivity contribution >= 4 is 18.4 Å². The maximum Gasteiger partial charge on any atom is 0.133 e. The largest absolute Gasteiger partial charge is 0.323 e. The molecule has 1 heterocycles. The molecule has 2 rings (SSSR count). The second kappa shape index (κ2) is 16.2. The molecule has 0 aliphatic carbocycles. The molecule has 2 aromatic rings. The summed E-state index contributed by atoms with van der Waals surface area (Å²) >= 11 is 4.73. The second-order valence-corrected chi connectivity index (χ2v) is 9.35. The van der Waals surface area contributed by atoms with Gasteiger partial charge in [0.15, 0.2) is 0 Å². The monoisotopic (exact) mass is 441 g/mol. The van der Waals surface area contributed by atoms with Crippen molar-refractivity contribution in [2.45, 2.75) is 115 Å². The lowest BCUT2D eigenvalue weighted by Gasteiger charge is -2.11. The molecule has 0 aliphatic rings. The topological polar surface area (TPSA) is 22.0 Å². The third kappa shape index (κ3) is 10.6. The number of aromatic nitrogens is 1. The van der Waals surface area contributed by atoms with Crippen LogP contribution in [-0.4, -0.2) is 10.4 Å². The van der Waals surface area contributed by atoms with E-state index < -0.39 is 0 Å². The molecule has 0 unspecified atom stereocenters. The first kappa shape index (κ1) is 25.8. The summed E-state index contributed by atoms with van der Waals surface area (Å²) in [6.07, 6.45) is 23.6. The Morgan fingerprint density at radius 3 is 1.87 bits per heavy atom. The van der Waals surface area contributed by atoms with Crippen molar-refractivity contribution in [2.75, 3.05) is 0 Å². The molecule has 0 bridgehead atoms. The Kier molecular flexibility index (Phi) is 13.5. The van der Waals surface area contributed by atoms with Gasteiger partial charge in [0.2, 0.25) is 0 Å². The third-order valence-corrected chi connectivity index (χ3v) is 6.73. The molecule has 3 heteroatoms. The number of unbranched alkanes of at least 4 members (excludes halogenated alkanes) is 12. The van der Waals surface area contributed by atoms with Gasteiger partial charge in [0, 0.05) is 30.1 Å². The number of thiol groups is 1. The van der Waals surface area contributed by atoms with Crippen LogP contribution < -0.4 is 0 Å². The summed E-state index contributed by atoms with van der Waals surface area (Å²) in [5, 5.41) is 0. The minimum atomic E-state index is 0.391. The van der Waals surface area contributed by atoms with E-state index in [2.05, 4.69) is 29.7 Å². The van der Waals surface area contributed by atoms with Crippen LogP contribution in [0, 0.1) is 0 Å². The van der Waals surface area contributed by atoms with Crippen LogP contribution >= 0.6 is 12.6 Å². The van der Waals surface area contributed by atoms with E-state index in [4.69, 9.17) is 12.6 Å². The predicted octanol–water partition coefficient (Wildman–Crippen LogP) is 8.75. The van der Waals surface area contributed by atoms with E-state index in [1.807, 2.05) is 24.5 Å². The molecule has 0 radical (unpaired) electrons. The minimum Gasteiger partial charge on any atom is -0.323 e. The summed E-state index contributed by atoms with van der Waals surface area (Å²) in [4.78, 5) is 13.3. The molecule has 0 N–H and O–H groups in total. The summed E-state index contributed by atoms with van der Waals surface area (Å²) in [5.74, 6) is 0.391. The zero-order chi connectivity index (χ0) is 22.2. The first-order chi connectivity index (χ1) is 15.2. The summed E-state index contributed by atoms with van der Waals surface area (Å²) in [5.41, 5.74) is 2.24. The van der Waals surface area contributed by atoms with Crippen LogP contribution in [0.2, 0.25) is 0 Å². The van der Waals surface area contributed by atoms with Crippen LogP contribution in [0.1, 0.15) is 109 Å². The molecule has 0 spiro atoms. The van der Waals surface area contributed by atoms with E-state index in [1.165, 1.54) is 77.0 Å². The van der Waals surface area contributed by atoms with Crippen LogP contribution in [0.15, 0.2) is 47.6 Å². The van der Waals surface area contributed by atoms with Crippen LogP contribution in [0.5, 0.6) is 0 Å². The van der Waals surface area contributed by atoms with E-state index in [1.54, 1.807) is 0 Å². The van der Waals surface area contributed by atoms with Gasteiger partial charge in [-0.15, -0.1) is 12.6 Å². The first-order valence-corrected chi connectivity index (χ1v) is 13.1. The second-order valence-electron chi connectivity index (χ2n) is 8.91. The normalized spacial score (nSPS) is 11.2. The van der Waals surface area contributed by atoms with Gasteiger partial charge in [-0.05, 0) is 36.6 Å². The predicted molar refractivity (Wildman–Crippen MR) is 137 cm³/mol. The maximum atomic E-state index is 12.3. The molecule has 0 amide bonds. The Bertz CT molecular complexity index is 723. The quantitative estimate of drug-likeness (QED) is 0.181. The van der Waals surface area contributed by atoms with Crippen LogP contribution in [0.25, 0.3) is 5.69 Å². The number of hydrogen-bond acceptors (Lipinski definition) is 2. The Morgan fingerprint density at radius 2 is 1.29 bits per heavy atom. The van der Waals surface area contributed by atoms with Crippen molar-refractivity contribution in [3.8, 4) is 5.69 Å². The van der Waals surface area contributed by atoms with Gasteiger partial charge in [-0.3, -0.25) is 4.79 Å². The fourth-order valence-electron chi connectivity index (χ4n) is 4.22. The number of Topliss-reactive ketones (excluding diaryl/α,β-unsaturated/α-hetero) is 1. The lowest BCUT2D eigenvalue weighted by molar-refractivity contribution is -0.119. The molecule has 0 fully saturated rings. The van der Waals surface area contributed by atoms with Crippen molar-refractivity contribution < 1.29 is 4.79 Å². The van der Waals surface area contributed by atoms with Gasteiger partial charge < -0.3 is 4.57 Å². The van der Waals surface area contributed by atoms with E-state index >= 15 is 0 Å². The number of hydrogen-bond donors (Lipinski definition) is 1. The average molecular weight is 442 g/mol. The lowest BCUT2D eigenvalue weighted by atomic mass is 10.0. The molecule has 0 saturated carbocycles. The molecule has 0 atom stereocenters. The van der Waals surface area contributed by atoms with E-state index in [9.17, 15) is 4.79 Å². The summed E-state index contributed by atoms with van der Waals surface area (Å²) in [6.45, 7) is 2.28. The highest BCUT2D eigenvalue weighted by atomic mass is 32.1. The Morgan fingerprint density at radius 1 is 0.742 bits per heavy atom. The van der Waals surface area contributed by atoms with Crippen molar-refractivity contribution in [1.29, 1.82) is 0 Å². The Hall–Kier alpha value is -1.48. The summed E-state index contributed by atoms with van der Waals surface area (Å²) in [6, 6.07) is 10.2. The molecule has 31 heavy (non-hydrogen) atoms. The SMILES string of the molecule is CCCCCCCCCCCCCCCC(=O)CCc1cccc(-n2cccc2)c1S. The van der Waals surface area contributed by atoms with Crippen LogP contribution in [0.4, 0.5) is 0 Å². The van der Waals surface area contributed by atoms with Crippen LogP contribution in [-0.2, 0) is 11.2 Å². The van der Waals surface area contributed by atoms with Gasteiger partial charge >= 0.3 is 0 Å². The zero-order valence-electron chi connectivity index (χ0n) is 19.7. The van der Waals surface area contributed by atoms with Crippen LogP contribution in [0.3, 0.4) is 0 Å². The number of ketones is 1. The fraction of sp³-hybridized carbons (Fsp3) is 0.607. The maximum absolute atomic E-state index is 12.3. The number of carbonyl (C=O) groups excluding carboxylic acids is 1.